The molecule has 0 aliphatic heterocycles. The summed E-state index contributed by atoms with van der Waals surface area (Å²) in [6, 6.07) is 1.87. The highest BCUT2D eigenvalue weighted by molar-refractivity contribution is 9.10. The van der Waals surface area contributed by atoms with Crippen LogP contribution in [0.2, 0.25) is 0 Å². The molecule has 0 spiro atoms. The summed E-state index contributed by atoms with van der Waals surface area (Å²) in [5.41, 5.74) is 3.39. The van der Waals surface area contributed by atoms with Crippen molar-refractivity contribution in [3.05, 3.63) is 28.1 Å². The molecular formula is C9H8BrN3. The van der Waals surface area contributed by atoms with Crippen molar-refractivity contribution >= 4 is 27.1 Å². The van der Waals surface area contributed by atoms with Crippen LogP contribution in [0.25, 0.3) is 11.2 Å². The number of hydrogen-bond acceptors (Lipinski definition) is 3. The van der Waals surface area contributed by atoms with Crippen LogP contribution in [0.15, 0.2) is 16.7 Å². The lowest BCUT2D eigenvalue weighted by Gasteiger charge is -2.01. The minimum atomic E-state index is 0.692. The molecule has 2 heterocycles. The molecule has 0 fully saturated rings. The molecule has 0 radical (unpaired) electrons. The Morgan fingerprint density at radius 1 is 1.15 bits per heavy atom. The molecule has 0 amide bonds. The highest BCUT2D eigenvalue weighted by Gasteiger charge is 2.04. The van der Waals surface area contributed by atoms with Crippen LogP contribution in [0.1, 0.15) is 11.4 Å². The molecule has 13 heavy (non-hydrogen) atoms. The van der Waals surface area contributed by atoms with Gasteiger partial charge < -0.3 is 0 Å². The van der Waals surface area contributed by atoms with Gasteiger partial charge in [-0.25, -0.2) is 15.0 Å². The molecular weight excluding hydrogens is 230 g/mol. The van der Waals surface area contributed by atoms with Crippen molar-refractivity contribution in [1.82, 2.24) is 15.0 Å². The minimum absolute atomic E-state index is 0.692. The van der Waals surface area contributed by atoms with Crippen LogP contribution < -0.4 is 0 Å². The summed E-state index contributed by atoms with van der Waals surface area (Å²) in [5.74, 6) is 0. The number of hydrogen-bond donors (Lipinski definition) is 0. The lowest BCUT2D eigenvalue weighted by atomic mass is 10.3. The number of aromatic nitrogens is 3. The van der Waals surface area contributed by atoms with Gasteiger partial charge in [-0.3, -0.25) is 0 Å². The highest BCUT2D eigenvalue weighted by atomic mass is 79.9. The molecule has 66 valence electrons. The number of nitrogens with zero attached hydrogens (tertiary/aromatic N) is 3. The molecule has 3 nitrogen and oxygen atoms in total. The van der Waals surface area contributed by atoms with E-state index in [-0.39, 0.29) is 0 Å². The molecule has 0 aliphatic rings. The van der Waals surface area contributed by atoms with Crippen molar-refractivity contribution < 1.29 is 0 Å². The normalized spacial score (nSPS) is 10.7. The summed E-state index contributed by atoms with van der Waals surface area (Å²) in [4.78, 5) is 12.9. The Balaban J connectivity index is 2.89. The van der Waals surface area contributed by atoms with Gasteiger partial charge in [-0.2, -0.15) is 0 Å². The van der Waals surface area contributed by atoms with E-state index in [1.54, 1.807) is 6.20 Å². The van der Waals surface area contributed by atoms with Crippen molar-refractivity contribution in [1.29, 1.82) is 0 Å². The molecule has 0 saturated heterocycles. The molecule has 0 unspecified atom stereocenters. The summed E-state index contributed by atoms with van der Waals surface area (Å²) in [5, 5.41) is 0. The Hall–Kier alpha value is -1.03. The van der Waals surface area contributed by atoms with Crippen LogP contribution in [0.3, 0.4) is 0 Å². The standard InChI is InChI=1S/C9H8BrN3/c1-5-6(2)13-9-8(12-5)7(10)3-4-11-9/h3-4H,1-2H3. The monoisotopic (exact) mass is 237 g/mol. The molecule has 0 bridgehead atoms. The zero-order valence-electron chi connectivity index (χ0n) is 7.37. The van der Waals surface area contributed by atoms with Gasteiger partial charge in [0.25, 0.3) is 0 Å². The van der Waals surface area contributed by atoms with Gasteiger partial charge in [0.2, 0.25) is 0 Å². The largest absolute Gasteiger partial charge is 0.247 e. The smallest absolute Gasteiger partial charge is 0.179 e. The van der Waals surface area contributed by atoms with E-state index < -0.39 is 0 Å². The van der Waals surface area contributed by atoms with E-state index in [4.69, 9.17) is 0 Å². The molecule has 4 heteroatoms. The fourth-order valence-corrected chi connectivity index (χ4v) is 1.48. The summed E-state index contributed by atoms with van der Waals surface area (Å²) in [6.45, 7) is 3.88. The van der Waals surface area contributed by atoms with Crippen LogP contribution in [0.5, 0.6) is 0 Å². The lowest BCUT2D eigenvalue weighted by Crippen LogP contribution is -1.95. The maximum absolute atomic E-state index is 4.40. The third kappa shape index (κ3) is 1.42. The Morgan fingerprint density at radius 3 is 2.62 bits per heavy atom. The summed E-state index contributed by atoms with van der Waals surface area (Å²) in [7, 11) is 0. The summed E-state index contributed by atoms with van der Waals surface area (Å²) in [6.07, 6.45) is 1.72. The van der Waals surface area contributed by atoms with E-state index in [1.165, 1.54) is 0 Å². The molecule has 2 rings (SSSR count). The van der Waals surface area contributed by atoms with Gasteiger partial charge in [0.15, 0.2) is 5.65 Å². The molecule has 0 N–H and O–H groups in total. The number of rotatable bonds is 0. The second kappa shape index (κ2) is 3.03. The third-order valence-corrected chi connectivity index (χ3v) is 2.57. The molecule has 2 aromatic heterocycles. The van der Waals surface area contributed by atoms with Gasteiger partial charge in [0.05, 0.1) is 11.4 Å². The van der Waals surface area contributed by atoms with Gasteiger partial charge in [-0.05, 0) is 35.8 Å². The van der Waals surface area contributed by atoms with Crippen molar-refractivity contribution in [2.45, 2.75) is 13.8 Å². The van der Waals surface area contributed by atoms with Gasteiger partial charge in [-0.15, -0.1) is 0 Å². The van der Waals surface area contributed by atoms with E-state index >= 15 is 0 Å². The first-order valence-corrected chi connectivity index (χ1v) is 4.73. The van der Waals surface area contributed by atoms with Crippen molar-refractivity contribution in [3.63, 3.8) is 0 Å². The van der Waals surface area contributed by atoms with Crippen LogP contribution in [0, 0.1) is 13.8 Å². The van der Waals surface area contributed by atoms with E-state index in [2.05, 4.69) is 30.9 Å². The van der Waals surface area contributed by atoms with Crippen molar-refractivity contribution in [3.8, 4) is 0 Å². The summed E-state index contributed by atoms with van der Waals surface area (Å²) >= 11 is 3.41. The Kier molecular flexibility index (Phi) is 2.00. The first-order chi connectivity index (χ1) is 6.18. The summed E-state index contributed by atoms with van der Waals surface area (Å²) < 4.78 is 0.938. The van der Waals surface area contributed by atoms with E-state index in [1.807, 2.05) is 19.9 Å². The Labute approximate surface area is 84.4 Å². The van der Waals surface area contributed by atoms with Crippen LogP contribution in [-0.2, 0) is 0 Å². The van der Waals surface area contributed by atoms with Gasteiger partial charge >= 0.3 is 0 Å². The predicted molar refractivity (Wildman–Crippen MR) is 54.5 cm³/mol. The average Bonchev–Trinajstić information content (AvgIpc) is 2.09. The first kappa shape index (κ1) is 8.56. The molecule has 0 saturated carbocycles. The van der Waals surface area contributed by atoms with Crippen molar-refractivity contribution in [2.75, 3.05) is 0 Å². The molecule has 0 atom stereocenters. The SMILES string of the molecule is Cc1nc2nccc(Br)c2nc1C. The van der Waals surface area contributed by atoms with Crippen molar-refractivity contribution in [2.24, 2.45) is 0 Å². The zero-order valence-corrected chi connectivity index (χ0v) is 8.96. The second-order valence-electron chi connectivity index (χ2n) is 2.86. The van der Waals surface area contributed by atoms with E-state index in [0.29, 0.717) is 5.65 Å². The molecule has 0 aliphatic carbocycles. The van der Waals surface area contributed by atoms with Gasteiger partial charge in [-0.1, -0.05) is 0 Å². The Bertz CT molecular complexity index is 468. The number of aryl methyl sites for hydroxylation is 2. The molecule has 2 aromatic rings. The van der Waals surface area contributed by atoms with E-state index in [9.17, 15) is 0 Å². The first-order valence-electron chi connectivity index (χ1n) is 3.94. The second-order valence-corrected chi connectivity index (χ2v) is 3.71. The number of fused-ring (bicyclic) bond motifs is 1. The fraction of sp³-hybridized carbons (Fsp3) is 0.222. The van der Waals surface area contributed by atoms with Gasteiger partial charge in [0.1, 0.15) is 5.52 Å². The maximum Gasteiger partial charge on any atom is 0.179 e. The third-order valence-electron chi connectivity index (χ3n) is 1.93. The quantitative estimate of drug-likeness (QED) is 0.707. The number of halogens is 1. The highest BCUT2D eigenvalue weighted by Crippen LogP contribution is 2.19. The number of pyridine rings is 1. The van der Waals surface area contributed by atoms with Crippen LogP contribution in [-0.4, -0.2) is 15.0 Å². The topological polar surface area (TPSA) is 38.7 Å². The van der Waals surface area contributed by atoms with Crippen LogP contribution in [0.4, 0.5) is 0 Å². The Morgan fingerprint density at radius 2 is 1.85 bits per heavy atom. The average molecular weight is 238 g/mol. The minimum Gasteiger partial charge on any atom is -0.247 e. The fourth-order valence-electron chi connectivity index (χ4n) is 1.09. The van der Waals surface area contributed by atoms with E-state index in [0.717, 1.165) is 21.4 Å². The maximum atomic E-state index is 4.40. The zero-order chi connectivity index (χ0) is 9.42. The predicted octanol–water partition coefficient (Wildman–Crippen LogP) is 2.40. The van der Waals surface area contributed by atoms with Crippen LogP contribution >= 0.6 is 15.9 Å². The van der Waals surface area contributed by atoms with Gasteiger partial charge in [0, 0.05) is 10.7 Å². The lowest BCUT2D eigenvalue weighted by molar-refractivity contribution is 1.08. The molecule has 0 aromatic carbocycles.